The van der Waals surface area contributed by atoms with Gasteiger partial charge in [-0.15, -0.1) is 0 Å². The lowest BCUT2D eigenvalue weighted by molar-refractivity contribution is -0.127. The zero-order chi connectivity index (χ0) is 19.7. The molecular formula is C21H27N5O2. The van der Waals surface area contributed by atoms with Crippen LogP contribution in [0.1, 0.15) is 41.3 Å². The Morgan fingerprint density at radius 2 is 2.21 bits per heavy atom. The van der Waals surface area contributed by atoms with Crippen molar-refractivity contribution >= 4 is 11.8 Å². The quantitative estimate of drug-likeness (QED) is 0.839. The van der Waals surface area contributed by atoms with Crippen molar-refractivity contribution in [2.75, 3.05) is 26.2 Å². The second kappa shape index (κ2) is 7.75. The molecule has 2 aromatic rings. The van der Waals surface area contributed by atoms with Crippen LogP contribution in [0.4, 0.5) is 0 Å². The molecule has 1 atom stereocenters. The van der Waals surface area contributed by atoms with Gasteiger partial charge in [-0.25, -0.2) is 4.68 Å². The summed E-state index contributed by atoms with van der Waals surface area (Å²) in [5, 5.41) is 10.6. The van der Waals surface area contributed by atoms with E-state index in [1.54, 1.807) is 0 Å². The Hall–Kier alpha value is -2.67. The van der Waals surface area contributed by atoms with Gasteiger partial charge in [0.15, 0.2) is 0 Å². The molecule has 1 aromatic carbocycles. The summed E-state index contributed by atoms with van der Waals surface area (Å²) in [6, 6.07) is 6.24. The molecule has 2 aliphatic rings. The summed E-state index contributed by atoms with van der Waals surface area (Å²) in [6.45, 7) is 6.08. The maximum absolute atomic E-state index is 12.6. The topological polar surface area (TPSA) is 79.3 Å². The summed E-state index contributed by atoms with van der Waals surface area (Å²) < 4.78 is 2.03. The lowest BCUT2D eigenvalue weighted by Gasteiger charge is -2.28. The highest BCUT2D eigenvalue weighted by Gasteiger charge is 2.27. The first-order chi connectivity index (χ1) is 13.5. The van der Waals surface area contributed by atoms with Crippen molar-refractivity contribution in [1.29, 1.82) is 0 Å². The molecule has 0 saturated carbocycles. The monoisotopic (exact) mass is 381 g/mol. The Morgan fingerprint density at radius 3 is 3.04 bits per heavy atom. The summed E-state index contributed by atoms with van der Waals surface area (Å²) in [5.41, 5.74) is 5.86. The van der Waals surface area contributed by atoms with Crippen LogP contribution in [0.3, 0.4) is 0 Å². The van der Waals surface area contributed by atoms with Crippen molar-refractivity contribution in [3.8, 4) is 5.69 Å². The molecule has 7 heteroatoms. The molecule has 0 bridgehead atoms. The summed E-state index contributed by atoms with van der Waals surface area (Å²) in [5.74, 6) is -0.0548. The van der Waals surface area contributed by atoms with Crippen LogP contribution in [0.25, 0.3) is 5.69 Å². The third-order valence-corrected chi connectivity index (χ3v) is 5.81. The van der Waals surface area contributed by atoms with Crippen LogP contribution in [0.5, 0.6) is 0 Å². The van der Waals surface area contributed by atoms with Gasteiger partial charge in [0.1, 0.15) is 0 Å². The fourth-order valence-electron chi connectivity index (χ4n) is 4.15. The lowest BCUT2D eigenvalue weighted by Crippen LogP contribution is -2.50. The average Bonchev–Trinajstić information content (AvgIpc) is 3.09. The highest BCUT2D eigenvalue weighted by Crippen LogP contribution is 2.32. The fraction of sp³-hybridized carbons (Fsp3) is 0.476. The van der Waals surface area contributed by atoms with Crippen LogP contribution in [0, 0.1) is 13.8 Å². The zero-order valence-corrected chi connectivity index (χ0v) is 16.5. The largest absolute Gasteiger partial charge is 0.354 e. The summed E-state index contributed by atoms with van der Waals surface area (Å²) in [4.78, 5) is 25.9. The van der Waals surface area contributed by atoms with Gasteiger partial charge >= 0.3 is 0 Å². The molecule has 1 fully saturated rings. The molecule has 1 unspecified atom stereocenters. The molecule has 28 heavy (non-hydrogen) atoms. The smallest absolute Gasteiger partial charge is 0.234 e. The molecule has 2 amide bonds. The number of aromatic nitrogens is 2. The number of carbonyl (C=O) groups is 2. The molecule has 2 heterocycles. The molecule has 1 aromatic heterocycles. The fourth-order valence-corrected chi connectivity index (χ4v) is 4.15. The SMILES string of the molecule is Cc1cccc(-n2ncc3c2CCCC3NC(=O)CN2CCNC(=O)C2)c1C. The van der Waals surface area contributed by atoms with Crippen molar-refractivity contribution in [2.45, 2.75) is 39.2 Å². The molecule has 0 spiro atoms. The minimum Gasteiger partial charge on any atom is -0.354 e. The normalized spacial score (nSPS) is 19.8. The number of piperazine rings is 1. The van der Waals surface area contributed by atoms with E-state index >= 15 is 0 Å². The van der Waals surface area contributed by atoms with E-state index in [2.05, 4.69) is 47.8 Å². The van der Waals surface area contributed by atoms with E-state index in [0.717, 1.165) is 30.5 Å². The Bertz CT molecular complexity index is 904. The number of rotatable bonds is 4. The third kappa shape index (κ3) is 3.67. The van der Waals surface area contributed by atoms with Crippen molar-refractivity contribution in [3.63, 3.8) is 0 Å². The average molecular weight is 381 g/mol. The molecule has 2 N–H and O–H groups in total. The summed E-state index contributed by atoms with van der Waals surface area (Å²) in [7, 11) is 0. The molecule has 0 radical (unpaired) electrons. The van der Waals surface area contributed by atoms with Crippen molar-refractivity contribution in [1.82, 2.24) is 25.3 Å². The van der Waals surface area contributed by atoms with E-state index in [-0.39, 0.29) is 30.9 Å². The number of hydrogen-bond acceptors (Lipinski definition) is 4. The molecule has 1 aliphatic carbocycles. The number of benzene rings is 1. The van der Waals surface area contributed by atoms with E-state index in [9.17, 15) is 9.59 Å². The van der Waals surface area contributed by atoms with E-state index in [1.807, 2.05) is 15.8 Å². The predicted octanol–water partition coefficient (Wildman–Crippen LogP) is 1.41. The molecule has 1 aliphatic heterocycles. The Balaban J connectivity index is 1.50. The zero-order valence-electron chi connectivity index (χ0n) is 16.5. The van der Waals surface area contributed by atoms with Gasteiger partial charge < -0.3 is 10.6 Å². The maximum Gasteiger partial charge on any atom is 0.234 e. The van der Waals surface area contributed by atoms with Gasteiger partial charge in [-0.2, -0.15) is 5.10 Å². The van der Waals surface area contributed by atoms with Gasteiger partial charge in [-0.3, -0.25) is 14.5 Å². The number of aryl methyl sites for hydroxylation is 1. The lowest BCUT2D eigenvalue weighted by atomic mass is 9.92. The number of hydrogen-bond donors (Lipinski definition) is 2. The molecule has 7 nitrogen and oxygen atoms in total. The number of nitrogens with one attached hydrogen (secondary N) is 2. The minimum absolute atomic E-state index is 0.0196. The number of amides is 2. The Labute approximate surface area is 165 Å². The van der Waals surface area contributed by atoms with Gasteiger partial charge in [0.05, 0.1) is 31.0 Å². The van der Waals surface area contributed by atoms with E-state index in [1.165, 1.54) is 16.8 Å². The van der Waals surface area contributed by atoms with Crippen LogP contribution in [0.2, 0.25) is 0 Å². The van der Waals surface area contributed by atoms with E-state index < -0.39 is 0 Å². The number of nitrogens with zero attached hydrogens (tertiary/aromatic N) is 3. The van der Waals surface area contributed by atoms with Gasteiger partial charge in [0.25, 0.3) is 0 Å². The minimum atomic E-state index is -0.0352. The van der Waals surface area contributed by atoms with E-state index in [0.29, 0.717) is 13.1 Å². The van der Waals surface area contributed by atoms with E-state index in [4.69, 9.17) is 0 Å². The first-order valence-corrected chi connectivity index (χ1v) is 9.94. The van der Waals surface area contributed by atoms with Crippen molar-refractivity contribution in [2.24, 2.45) is 0 Å². The first kappa shape index (κ1) is 18.7. The second-order valence-corrected chi connectivity index (χ2v) is 7.75. The summed E-state index contributed by atoms with van der Waals surface area (Å²) in [6.07, 6.45) is 4.79. The van der Waals surface area contributed by atoms with Crippen LogP contribution in [-0.2, 0) is 16.0 Å². The highest BCUT2D eigenvalue weighted by molar-refractivity contribution is 5.82. The second-order valence-electron chi connectivity index (χ2n) is 7.75. The van der Waals surface area contributed by atoms with Crippen LogP contribution in [-0.4, -0.2) is 52.7 Å². The standard InChI is InChI=1S/C21H27N5O2/c1-14-5-3-7-18(15(14)2)26-19-8-4-6-17(16(19)11-23-26)24-21(28)13-25-10-9-22-20(27)12-25/h3,5,7,11,17H,4,6,8-10,12-13H2,1-2H3,(H,22,27)(H,24,28). The van der Waals surface area contributed by atoms with Crippen molar-refractivity contribution < 1.29 is 9.59 Å². The van der Waals surface area contributed by atoms with Gasteiger partial charge in [0.2, 0.25) is 11.8 Å². The predicted molar refractivity (Wildman–Crippen MR) is 106 cm³/mol. The summed E-state index contributed by atoms with van der Waals surface area (Å²) >= 11 is 0. The maximum atomic E-state index is 12.6. The molecule has 148 valence electrons. The van der Waals surface area contributed by atoms with Crippen LogP contribution in [0.15, 0.2) is 24.4 Å². The van der Waals surface area contributed by atoms with Crippen LogP contribution < -0.4 is 10.6 Å². The van der Waals surface area contributed by atoms with Crippen molar-refractivity contribution in [3.05, 3.63) is 46.8 Å². The number of fused-ring (bicyclic) bond motifs is 1. The Morgan fingerprint density at radius 1 is 1.36 bits per heavy atom. The Kier molecular flexibility index (Phi) is 5.17. The highest BCUT2D eigenvalue weighted by atomic mass is 16.2. The number of carbonyl (C=O) groups excluding carboxylic acids is 2. The van der Waals surface area contributed by atoms with Gasteiger partial charge in [-0.1, -0.05) is 12.1 Å². The molecular weight excluding hydrogens is 354 g/mol. The van der Waals surface area contributed by atoms with Gasteiger partial charge in [0, 0.05) is 24.3 Å². The first-order valence-electron chi connectivity index (χ1n) is 9.94. The van der Waals surface area contributed by atoms with Gasteiger partial charge in [-0.05, 0) is 50.3 Å². The third-order valence-electron chi connectivity index (χ3n) is 5.81. The molecule has 1 saturated heterocycles. The molecule has 4 rings (SSSR count). The van der Waals surface area contributed by atoms with Crippen LogP contribution >= 0.6 is 0 Å².